The highest BCUT2D eigenvalue weighted by Crippen LogP contribution is 2.14. The van der Waals surface area contributed by atoms with Gasteiger partial charge in [-0.05, 0) is 12.8 Å². The number of carbonyl (C=O) groups excluding carboxylic acids is 1. The minimum absolute atomic E-state index is 0.0850. The summed E-state index contributed by atoms with van der Waals surface area (Å²) in [4.78, 5) is 11.4. The molecule has 1 saturated heterocycles. The highest BCUT2D eigenvalue weighted by atomic mass is 32.2. The van der Waals surface area contributed by atoms with Crippen molar-refractivity contribution < 1.29 is 13.2 Å². The zero-order chi connectivity index (χ0) is 12.0. The Labute approximate surface area is 101 Å². The fourth-order valence-corrected chi connectivity index (χ4v) is 4.09. The second-order valence-electron chi connectivity index (χ2n) is 4.09. The Morgan fingerprint density at radius 3 is 2.75 bits per heavy atom. The van der Waals surface area contributed by atoms with E-state index in [0.717, 1.165) is 25.0 Å². The van der Waals surface area contributed by atoms with Crippen LogP contribution < -0.4 is 5.32 Å². The van der Waals surface area contributed by atoms with E-state index in [9.17, 15) is 13.2 Å². The van der Waals surface area contributed by atoms with Crippen molar-refractivity contribution >= 4 is 26.8 Å². The summed E-state index contributed by atoms with van der Waals surface area (Å²) in [5, 5.41) is 2.67. The van der Waals surface area contributed by atoms with Crippen molar-refractivity contribution in [2.24, 2.45) is 0 Å². The number of thioether (sulfide) groups is 1. The highest BCUT2D eigenvalue weighted by Gasteiger charge is 2.28. The molecule has 1 N–H and O–H groups in total. The summed E-state index contributed by atoms with van der Waals surface area (Å²) < 4.78 is 22.3. The average molecular weight is 265 g/mol. The van der Waals surface area contributed by atoms with Crippen LogP contribution in [-0.2, 0) is 9.84 Å². The molecule has 4 nitrogen and oxygen atoms in total. The number of nitrogens with one attached hydrogen (secondary N) is 1. The van der Waals surface area contributed by atoms with Crippen molar-refractivity contribution in [3.63, 3.8) is 0 Å². The first kappa shape index (κ1) is 13.8. The Hall–Kier alpha value is -0.230. The molecule has 1 atom stereocenters. The molecule has 0 aliphatic carbocycles. The summed E-state index contributed by atoms with van der Waals surface area (Å²) in [5.74, 6) is 1.13. The van der Waals surface area contributed by atoms with Gasteiger partial charge in [-0.2, -0.15) is 0 Å². The van der Waals surface area contributed by atoms with Gasteiger partial charge in [0.25, 0.3) is 5.24 Å². The van der Waals surface area contributed by atoms with Gasteiger partial charge in [0.15, 0.2) is 9.84 Å². The Bertz CT molecular complexity index is 327. The smallest absolute Gasteiger partial charge is 0.279 e. The maximum atomic E-state index is 11.4. The molecular formula is C10H19NO3S2. The molecule has 0 aromatic carbocycles. The van der Waals surface area contributed by atoms with E-state index in [0.29, 0.717) is 6.42 Å². The molecule has 1 rings (SSSR count). The molecule has 0 radical (unpaired) electrons. The van der Waals surface area contributed by atoms with Crippen LogP contribution in [0.1, 0.15) is 32.6 Å². The molecule has 0 bridgehead atoms. The van der Waals surface area contributed by atoms with E-state index in [1.807, 2.05) is 0 Å². The summed E-state index contributed by atoms with van der Waals surface area (Å²) in [6.45, 7) is 2.12. The van der Waals surface area contributed by atoms with Crippen molar-refractivity contribution in [1.29, 1.82) is 0 Å². The summed E-state index contributed by atoms with van der Waals surface area (Å²) in [6, 6.07) is -0.170. The van der Waals surface area contributed by atoms with Crippen LogP contribution in [0.5, 0.6) is 0 Å². The number of unbranched alkanes of at least 4 members (excludes halogenated alkanes) is 2. The summed E-state index contributed by atoms with van der Waals surface area (Å²) in [6.07, 6.45) is 3.88. The quantitative estimate of drug-likeness (QED) is 0.770. The van der Waals surface area contributed by atoms with Gasteiger partial charge in [0.2, 0.25) is 0 Å². The molecule has 1 aliphatic heterocycles. The highest BCUT2D eigenvalue weighted by molar-refractivity contribution is 8.13. The standard InChI is InChI=1S/C10H19NO3S2/c1-2-3-4-6-15-10(12)11-9-5-7-16(13,14)8-9/h9H,2-8H2,1H3,(H,11,12). The lowest BCUT2D eigenvalue weighted by atomic mass is 10.3. The largest absolute Gasteiger partial charge is 0.343 e. The van der Waals surface area contributed by atoms with Gasteiger partial charge in [-0.3, -0.25) is 4.79 Å². The van der Waals surface area contributed by atoms with Gasteiger partial charge in [-0.25, -0.2) is 8.42 Å². The third-order valence-corrected chi connectivity index (χ3v) is 5.18. The van der Waals surface area contributed by atoms with Gasteiger partial charge in [0.05, 0.1) is 11.5 Å². The Morgan fingerprint density at radius 2 is 2.19 bits per heavy atom. The van der Waals surface area contributed by atoms with E-state index in [2.05, 4.69) is 12.2 Å². The van der Waals surface area contributed by atoms with E-state index in [1.54, 1.807) is 0 Å². The van der Waals surface area contributed by atoms with Crippen LogP contribution in [0.2, 0.25) is 0 Å². The number of hydrogen-bond donors (Lipinski definition) is 1. The van der Waals surface area contributed by atoms with Gasteiger partial charge in [-0.1, -0.05) is 31.5 Å². The van der Waals surface area contributed by atoms with Crippen LogP contribution >= 0.6 is 11.8 Å². The van der Waals surface area contributed by atoms with Gasteiger partial charge in [0, 0.05) is 11.8 Å². The number of hydrogen-bond acceptors (Lipinski definition) is 4. The fourth-order valence-electron chi connectivity index (χ4n) is 1.63. The predicted molar refractivity (Wildman–Crippen MR) is 67.6 cm³/mol. The monoisotopic (exact) mass is 265 g/mol. The Kier molecular flexibility index (Phi) is 5.61. The topological polar surface area (TPSA) is 63.2 Å². The lowest BCUT2D eigenvalue weighted by molar-refractivity contribution is 0.258. The van der Waals surface area contributed by atoms with Crippen molar-refractivity contribution in [1.82, 2.24) is 5.32 Å². The van der Waals surface area contributed by atoms with Gasteiger partial charge in [0.1, 0.15) is 0 Å². The lowest BCUT2D eigenvalue weighted by Crippen LogP contribution is -2.33. The third kappa shape index (κ3) is 5.21. The van der Waals surface area contributed by atoms with Crippen LogP contribution in [0.15, 0.2) is 0 Å². The van der Waals surface area contributed by atoms with Crippen molar-refractivity contribution in [3.8, 4) is 0 Å². The predicted octanol–water partition coefficient (Wildman–Crippen LogP) is 1.81. The van der Waals surface area contributed by atoms with Crippen molar-refractivity contribution in [2.45, 2.75) is 38.6 Å². The Morgan fingerprint density at radius 1 is 1.44 bits per heavy atom. The van der Waals surface area contributed by atoms with Gasteiger partial charge < -0.3 is 5.32 Å². The van der Waals surface area contributed by atoms with Gasteiger partial charge >= 0.3 is 0 Å². The summed E-state index contributed by atoms with van der Waals surface area (Å²) >= 11 is 1.26. The molecular weight excluding hydrogens is 246 g/mol. The normalized spacial score (nSPS) is 23.2. The molecule has 0 saturated carbocycles. The average Bonchev–Trinajstić information content (AvgIpc) is 2.53. The molecule has 1 aliphatic rings. The van der Waals surface area contributed by atoms with Crippen LogP contribution in [0.25, 0.3) is 0 Å². The van der Waals surface area contributed by atoms with E-state index in [-0.39, 0.29) is 22.8 Å². The zero-order valence-electron chi connectivity index (χ0n) is 9.57. The number of rotatable bonds is 5. The first-order valence-corrected chi connectivity index (χ1v) is 8.48. The second kappa shape index (κ2) is 6.49. The molecule has 0 aromatic heterocycles. The van der Waals surface area contributed by atoms with Crippen molar-refractivity contribution in [3.05, 3.63) is 0 Å². The maximum Gasteiger partial charge on any atom is 0.279 e. The van der Waals surface area contributed by atoms with Gasteiger partial charge in [-0.15, -0.1) is 0 Å². The summed E-state index contributed by atoms with van der Waals surface area (Å²) in [5.41, 5.74) is 0. The molecule has 1 heterocycles. The van der Waals surface area contributed by atoms with E-state index in [4.69, 9.17) is 0 Å². The first-order chi connectivity index (χ1) is 7.53. The minimum Gasteiger partial charge on any atom is -0.343 e. The lowest BCUT2D eigenvalue weighted by Gasteiger charge is -2.09. The molecule has 0 spiro atoms. The Balaban J connectivity index is 2.15. The third-order valence-electron chi connectivity index (χ3n) is 2.54. The first-order valence-electron chi connectivity index (χ1n) is 5.67. The molecule has 6 heteroatoms. The fraction of sp³-hybridized carbons (Fsp3) is 0.900. The van der Waals surface area contributed by atoms with E-state index >= 15 is 0 Å². The SMILES string of the molecule is CCCCCSC(=O)NC1CCS(=O)(=O)C1. The molecule has 16 heavy (non-hydrogen) atoms. The summed E-state index contributed by atoms with van der Waals surface area (Å²) in [7, 11) is -2.89. The van der Waals surface area contributed by atoms with Crippen LogP contribution in [0, 0.1) is 0 Å². The second-order valence-corrected chi connectivity index (χ2v) is 7.38. The number of amides is 1. The molecule has 94 valence electrons. The molecule has 1 amide bonds. The number of sulfone groups is 1. The van der Waals surface area contributed by atoms with E-state index in [1.165, 1.54) is 11.8 Å². The van der Waals surface area contributed by atoms with Crippen LogP contribution in [0.3, 0.4) is 0 Å². The molecule has 1 unspecified atom stereocenters. The number of carbonyl (C=O) groups is 1. The van der Waals surface area contributed by atoms with Crippen LogP contribution in [-0.4, -0.2) is 37.0 Å². The van der Waals surface area contributed by atoms with E-state index < -0.39 is 9.84 Å². The molecule has 1 fully saturated rings. The zero-order valence-corrected chi connectivity index (χ0v) is 11.2. The van der Waals surface area contributed by atoms with Crippen molar-refractivity contribution in [2.75, 3.05) is 17.3 Å². The minimum atomic E-state index is -2.89. The maximum absolute atomic E-state index is 11.4. The van der Waals surface area contributed by atoms with Crippen LogP contribution in [0.4, 0.5) is 4.79 Å². The molecule has 0 aromatic rings.